The molecular formula is C6H12N4. The van der Waals surface area contributed by atoms with Gasteiger partial charge in [0, 0.05) is 5.70 Å². The molecule has 0 unspecified atom stereocenters. The summed E-state index contributed by atoms with van der Waals surface area (Å²) in [5.74, 6) is 0.0767. The fraction of sp³-hybridized carbons (Fsp3) is 0.500. The largest absolute Gasteiger partial charge is 0.369 e. The van der Waals surface area contributed by atoms with Crippen molar-refractivity contribution in [1.82, 2.24) is 5.43 Å². The number of guanidine groups is 1. The minimum absolute atomic E-state index is 0.0767. The van der Waals surface area contributed by atoms with Gasteiger partial charge in [-0.1, -0.05) is 6.08 Å². The molecule has 10 heavy (non-hydrogen) atoms. The van der Waals surface area contributed by atoms with Gasteiger partial charge in [-0.3, -0.25) is 5.43 Å². The number of nitrogens with zero attached hydrogens (tertiary/aromatic N) is 1. The van der Waals surface area contributed by atoms with E-state index in [9.17, 15) is 0 Å². The Morgan fingerprint density at radius 2 is 2.40 bits per heavy atom. The zero-order valence-corrected chi connectivity index (χ0v) is 5.80. The van der Waals surface area contributed by atoms with E-state index in [1.54, 1.807) is 0 Å². The van der Waals surface area contributed by atoms with Gasteiger partial charge in [0.1, 0.15) is 0 Å². The molecule has 0 aromatic rings. The molecule has 0 amide bonds. The Labute approximate surface area is 60.0 Å². The number of nitrogens with one attached hydrogen (secondary N) is 1. The minimum Gasteiger partial charge on any atom is -0.369 e. The van der Waals surface area contributed by atoms with Crippen LogP contribution in [0.5, 0.6) is 0 Å². The van der Waals surface area contributed by atoms with Crippen LogP contribution in [-0.4, -0.2) is 5.96 Å². The minimum atomic E-state index is 0.0767. The first kappa shape index (κ1) is 6.92. The fourth-order valence-corrected chi connectivity index (χ4v) is 0.909. The van der Waals surface area contributed by atoms with E-state index in [0.717, 1.165) is 18.5 Å². The van der Waals surface area contributed by atoms with Crippen LogP contribution in [0, 0.1) is 0 Å². The first-order valence-corrected chi connectivity index (χ1v) is 3.33. The van der Waals surface area contributed by atoms with Crippen molar-refractivity contribution in [3.63, 3.8) is 0 Å². The van der Waals surface area contributed by atoms with E-state index in [2.05, 4.69) is 16.6 Å². The highest BCUT2D eigenvalue weighted by molar-refractivity contribution is 5.75. The van der Waals surface area contributed by atoms with Crippen LogP contribution in [0.25, 0.3) is 0 Å². The van der Waals surface area contributed by atoms with Crippen molar-refractivity contribution in [2.75, 3.05) is 0 Å². The van der Waals surface area contributed by atoms with Crippen LogP contribution < -0.4 is 16.9 Å². The summed E-state index contributed by atoms with van der Waals surface area (Å²) in [7, 11) is 0. The van der Waals surface area contributed by atoms with E-state index in [1.807, 2.05) is 0 Å². The van der Waals surface area contributed by atoms with Crippen LogP contribution in [0.4, 0.5) is 0 Å². The lowest BCUT2D eigenvalue weighted by Gasteiger charge is -1.98. The van der Waals surface area contributed by atoms with Gasteiger partial charge in [-0.2, -0.15) is 0 Å². The van der Waals surface area contributed by atoms with Crippen LogP contribution >= 0.6 is 0 Å². The zero-order valence-electron chi connectivity index (χ0n) is 5.80. The Hall–Kier alpha value is -1.19. The number of rotatable bonds is 2. The molecule has 0 heterocycles. The molecule has 4 heteroatoms. The summed E-state index contributed by atoms with van der Waals surface area (Å²) in [4.78, 5) is 0. The van der Waals surface area contributed by atoms with E-state index < -0.39 is 0 Å². The molecule has 0 saturated heterocycles. The van der Waals surface area contributed by atoms with Gasteiger partial charge in [0.25, 0.3) is 0 Å². The van der Waals surface area contributed by atoms with Crippen LogP contribution in [0.2, 0.25) is 0 Å². The summed E-state index contributed by atoms with van der Waals surface area (Å²) in [6, 6.07) is 0. The summed E-state index contributed by atoms with van der Waals surface area (Å²) in [5.41, 5.74) is 14.1. The number of allylic oxidation sites excluding steroid dienone is 2. The first-order chi connectivity index (χ1) is 4.79. The molecule has 0 spiro atoms. The molecule has 0 saturated carbocycles. The topological polar surface area (TPSA) is 76.4 Å². The van der Waals surface area contributed by atoms with Crippen LogP contribution in [0.15, 0.2) is 16.9 Å². The SMILES string of the molecule is NC(N)=NNC1=CCCC1. The van der Waals surface area contributed by atoms with E-state index in [0.29, 0.717) is 0 Å². The summed E-state index contributed by atoms with van der Waals surface area (Å²) in [6.07, 6.45) is 5.48. The highest BCUT2D eigenvalue weighted by Crippen LogP contribution is 2.13. The van der Waals surface area contributed by atoms with Gasteiger partial charge in [-0.05, 0) is 19.3 Å². The van der Waals surface area contributed by atoms with Crippen LogP contribution in [0.1, 0.15) is 19.3 Å². The highest BCUT2D eigenvalue weighted by atomic mass is 15.3. The molecule has 0 aromatic carbocycles. The molecule has 0 fully saturated rings. The monoisotopic (exact) mass is 140 g/mol. The van der Waals surface area contributed by atoms with Gasteiger partial charge in [0.05, 0.1) is 0 Å². The second-order valence-electron chi connectivity index (χ2n) is 2.27. The second-order valence-corrected chi connectivity index (χ2v) is 2.27. The normalized spacial score (nSPS) is 16.2. The van der Waals surface area contributed by atoms with Crippen molar-refractivity contribution in [1.29, 1.82) is 0 Å². The molecule has 0 aliphatic heterocycles. The standard InChI is InChI=1S/C6H12N4/c7-6(8)10-9-5-3-1-2-4-5/h3,9H,1-2,4H2,(H4,7,8,10). The summed E-state index contributed by atoms with van der Waals surface area (Å²) in [6.45, 7) is 0. The van der Waals surface area contributed by atoms with Crippen molar-refractivity contribution >= 4 is 5.96 Å². The summed E-state index contributed by atoms with van der Waals surface area (Å²) < 4.78 is 0. The second kappa shape index (κ2) is 3.10. The Morgan fingerprint density at radius 1 is 1.60 bits per heavy atom. The number of nitrogens with two attached hydrogens (primary N) is 2. The zero-order chi connectivity index (χ0) is 7.40. The van der Waals surface area contributed by atoms with E-state index >= 15 is 0 Å². The lowest BCUT2D eigenvalue weighted by atomic mass is 10.3. The summed E-state index contributed by atoms with van der Waals surface area (Å²) in [5, 5.41) is 3.66. The number of hydrazone groups is 1. The maximum atomic E-state index is 5.11. The van der Waals surface area contributed by atoms with Crippen LogP contribution in [0.3, 0.4) is 0 Å². The average molecular weight is 140 g/mol. The van der Waals surface area contributed by atoms with Gasteiger partial charge in [0.2, 0.25) is 5.96 Å². The van der Waals surface area contributed by atoms with E-state index in [1.165, 1.54) is 6.42 Å². The van der Waals surface area contributed by atoms with Gasteiger partial charge in [0.15, 0.2) is 0 Å². The van der Waals surface area contributed by atoms with E-state index in [-0.39, 0.29) is 5.96 Å². The molecule has 56 valence electrons. The third-order valence-electron chi connectivity index (χ3n) is 1.37. The molecule has 0 atom stereocenters. The van der Waals surface area contributed by atoms with Gasteiger partial charge >= 0.3 is 0 Å². The molecule has 0 radical (unpaired) electrons. The van der Waals surface area contributed by atoms with Crippen LogP contribution in [-0.2, 0) is 0 Å². The molecule has 1 aliphatic carbocycles. The van der Waals surface area contributed by atoms with E-state index in [4.69, 9.17) is 11.5 Å². The van der Waals surface area contributed by atoms with Crippen molar-refractivity contribution in [2.45, 2.75) is 19.3 Å². The third-order valence-corrected chi connectivity index (χ3v) is 1.37. The highest BCUT2D eigenvalue weighted by Gasteiger charge is 2.01. The molecular weight excluding hydrogens is 128 g/mol. The molecule has 1 aliphatic rings. The lowest BCUT2D eigenvalue weighted by molar-refractivity contribution is 0.802. The van der Waals surface area contributed by atoms with Crippen molar-refractivity contribution < 1.29 is 0 Å². The first-order valence-electron chi connectivity index (χ1n) is 3.33. The molecule has 4 nitrogen and oxygen atoms in total. The third kappa shape index (κ3) is 1.97. The fourth-order valence-electron chi connectivity index (χ4n) is 0.909. The Bertz CT molecular complexity index is 167. The van der Waals surface area contributed by atoms with Crippen molar-refractivity contribution in [3.05, 3.63) is 11.8 Å². The quantitative estimate of drug-likeness (QED) is 0.283. The Morgan fingerprint density at radius 3 is 2.90 bits per heavy atom. The van der Waals surface area contributed by atoms with Gasteiger partial charge in [-0.25, -0.2) is 0 Å². The predicted octanol–water partition coefficient (Wildman–Crippen LogP) is -0.168. The molecule has 1 rings (SSSR count). The lowest BCUT2D eigenvalue weighted by Crippen LogP contribution is -2.25. The Kier molecular flexibility index (Phi) is 2.15. The number of hydrogen-bond acceptors (Lipinski definition) is 2. The maximum absolute atomic E-state index is 5.11. The number of hydrogen-bond donors (Lipinski definition) is 3. The Balaban J connectivity index is 2.32. The summed E-state index contributed by atoms with van der Waals surface area (Å²) >= 11 is 0. The maximum Gasteiger partial charge on any atom is 0.208 e. The van der Waals surface area contributed by atoms with Crippen molar-refractivity contribution in [3.8, 4) is 0 Å². The average Bonchev–Trinajstić information content (AvgIpc) is 2.34. The van der Waals surface area contributed by atoms with Gasteiger partial charge in [-0.15, -0.1) is 5.10 Å². The smallest absolute Gasteiger partial charge is 0.208 e. The molecule has 0 aromatic heterocycles. The molecule has 5 N–H and O–H groups in total. The van der Waals surface area contributed by atoms with Crippen molar-refractivity contribution in [2.24, 2.45) is 16.6 Å². The molecule has 0 bridgehead atoms. The van der Waals surface area contributed by atoms with Gasteiger partial charge < -0.3 is 11.5 Å². The predicted molar refractivity (Wildman–Crippen MR) is 40.9 cm³/mol.